The number of alkyl halides is 2. The lowest BCUT2D eigenvalue weighted by atomic mass is 10.1. The van der Waals surface area contributed by atoms with E-state index in [0.717, 1.165) is 0 Å². The molecule has 0 saturated carbocycles. The first-order valence-electron chi connectivity index (χ1n) is 5.58. The van der Waals surface area contributed by atoms with E-state index in [0.29, 0.717) is 16.8 Å². The molecule has 0 amide bonds. The van der Waals surface area contributed by atoms with Crippen LogP contribution in [0.25, 0.3) is 11.3 Å². The second kappa shape index (κ2) is 5.62. The zero-order valence-corrected chi connectivity index (χ0v) is 9.90. The van der Waals surface area contributed by atoms with E-state index in [9.17, 15) is 13.6 Å². The SMILES string of the molecule is NCc1ccc(-c2ccccc2OC(F)F)[nH]c1=O. The summed E-state index contributed by atoms with van der Waals surface area (Å²) in [5, 5.41) is 0. The number of pyridine rings is 1. The monoisotopic (exact) mass is 266 g/mol. The van der Waals surface area contributed by atoms with Crippen molar-refractivity contribution in [2.75, 3.05) is 0 Å². The van der Waals surface area contributed by atoms with Gasteiger partial charge < -0.3 is 15.5 Å². The molecule has 0 aliphatic rings. The second-order valence-electron chi connectivity index (χ2n) is 3.81. The molecule has 0 aliphatic carbocycles. The third-order valence-corrected chi connectivity index (χ3v) is 2.60. The van der Waals surface area contributed by atoms with Gasteiger partial charge in [-0.2, -0.15) is 8.78 Å². The van der Waals surface area contributed by atoms with Crippen LogP contribution in [0.1, 0.15) is 5.56 Å². The molecule has 0 aliphatic heterocycles. The van der Waals surface area contributed by atoms with Crippen LogP contribution in [-0.2, 0) is 6.54 Å². The molecule has 2 rings (SSSR count). The van der Waals surface area contributed by atoms with Crippen LogP contribution in [-0.4, -0.2) is 11.6 Å². The normalized spacial score (nSPS) is 10.7. The molecule has 6 heteroatoms. The summed E-state index contributed by atoms with van der Waals surface area (Å²) >= 11 is 0. The van der Waals surface area contributed by atoms with Crippen molar-refractivity contribution in [3.8, 4) is 17.0 Å². The van der Waals surface area contributed by atoms with Gasteiger partial charge in [-0.05, 0) is 18.2 Å². The number of H-pyrrole nitrogens is 1. The largest absolute Gasteiger partial charge is 0.434 e. The fraction of sp³-hybridized carbons (Fsp3) is 0.154. The highest BCUT2D eigenvalue weighted by Crippen LogP contribution is 2.28. The molecule has 3 N–H and O–H groups in total. The maximum absolute atomic E-state index is 12.3. The molecular weight excluding hydrogens is 254 g/mol. The van der Waals surface area contributed by atoms with Crippen LogP contribution in [0, 0.1) is 0 Å². The molecule has 19 heavy (non-hydrogen) atoms. The van der Waals surface area contributed by atoms with Gasteiger partial charge in [0.15, 0.2) is 0 Å². The van der Waals surface area contributed by atoms with Crippen molar-refractivity contribution in [2.45, 2.75) is 13.2 Å². The summed E-state index contributed by atoms with van der Waals surface area (Å²) in [7, 11) is 0. The van der Waals surface area contributed by atoms with Gasteiger partial charge in [0.2, 0.25) is 0 Å². The van der Waals surface area contributed by atoms with Crippen molar-refractivity contribution >= 4 is 0 Å². The molecule has 0 fully saturated rings. The molecule has 2 aromatic rings. The number of hydrogen-bond acceptors (Lipinski definition) is 3. The van der Waals surface area contributed by atoms with E-state index in [2.05, 4.69) is 9.72 Å². The number of para-hydroxylation sites is 1. The molecular formula is C13H12F2N2O2. The minimum atomic E-state index is -2.92. The summed E-state index contributed by atoms with van der Waals surface area (Å²) in [6.45, 7) is -2.80. The van der Waals surface area contributed by atoms with Crippen LogP contribution in [0.2, 0.25) is 0 Å². The van der Waals surface area contributed by atoms with Gasteiger partial charge in [-0.25, -0.2) is 0 Å². The van der Waals surface area contributed by atoms with Crippen molar-refractivity contribution in [3.63, 3.8) is 0 Å². The van der Waals surface area contributed by atoms with Gasteiger partial charge in [0.1, 0.15) is 5.75 Å². The summed E-state index contributed by atoms with van der Waals surface area (Å²) in [4.78, 5) is 14.2. The van der Waals surface area contributed by atoms with Gasteiger partial charge >= 0.3 is 6.61 Å². The summed E-state index contributed by atoms with van der Waals surface area (Å²) in [6, 6.07) is 9.42. The van der Waals surface area contributed by atoms with Gasteiger partial charge in [-0.1, -0.05) is 18.2 Å². The summed E-state index contributed by atoms with van der Waals surface area (Å²) in [5.74, 6) is 0.00801. The first kappa shape index (κ1) is 13.2. The highest BCUT2D eigenvalue weighted by atomic mass is 19.3. The first-order valence-corrected chi connectivity index (χ1v) is 5.58. The number of ether oxygens (including phenoxy) is 1. The van der Waals surface area contributed by atoms with E-state index in [1.54, 1.807) is 30.3 Å². The van der Waals surface area contributed by atoms with Crippen LogP contribution < -0.4 is 16.0 Å². The first-order chi connectivity index (χ1) is 9.11. The predicted octanol–water partition coefficient (Wildman–Crippen LogP) is 2.10. The van der Waals surface area contributed by atoms with Crippen molar-refractivity contribution in [3.05, 3.63) is 52.3 Å². The fourth-order valence-corrected chi connectivity index (χ4v) is 1.71. The van der Waals surface area contributed by atoms with Crippen LogP contribution >= 0.6 is 0 Å². The lowest BCUT2D eigenvalue weighted by Crippen LogP contribution is -2.16. The Morgan fingerprint density at radius 1 is 1.21 bits per heavy atom. The molecule has 0 saturated heterocycles. The molecule has 100 valence electrons. The van der Waals surface area contributed by atoms with Gasteiger partial charge in [0.25, 0.3) is 5.56 Å². The fourth-order valence-electron chi connectivity index (χ4n) is 1.71. The summed E-state index contributed by atoms with van der Waals surface area (Å²) in [6.07, 6.45) is 0. The lowest BCUT2D eigenvalue weighted by Gasteiger charge is -2.10. The van der Waals surface area contributed by atoms with Gasteiger partial charge in [0.05, 0.1) is 5.69 Å². The Morgan fingerprint density at radius 3 is 2.58 bits per heavy atom. The van der Waals surface area contributed by atoms with Crippen molar-refractivity contribution in [1.29, 1.82) is 0 Å². The van der Waals surface area contributed by atoms with Crippen LogP contribution in [0.5, 0.6) is 5.75 Å². The van der Waals surface area contributed by atoms with E-state index >= 15 is 0 Å². The number of halogens is 2. The standard InChI is InChI=1S/C13H12F2N2O2/c14-13(15)19-11-4-2-1-3-9(11)10-6-5-8(7-16)12(18)17-10/h1-6,13H,7,16H2,(H,17,18). The van der Waals surface area contributed by atoms with Crippen LogP contribution in [0.15, 0.2) is 41.2 Å². The Bertz CT molecular complexity index is 626. The van der Waals surface area contributed by atoms with Crippen molar-refractivity contribution < 1.29 is 13.5 Å². The molecule has 1 heterocycles. The van der Waals surface area contributed by atoms with E-state index in [1.807, 2.05) is 0 Å². The predicted molar refractivity (Wildman–Crippen MR) is 67.0 cm³/mol. The molecule has 0 atom stereocenters. The van der Waals surface area contributed by atoms with Gasteiger partial charge in [-0.15, -0.1) is 0 Å². The summed E-state index contributed by atoms with van der Waals surface area (Å²) in [5.41, 5.74) is 6.27. The number of hydrogen-bond donors (Lipinski definition) is 2. The lowest BCUT2D eigenvalue weighted by molar-refractivity contribution is -0.0494. The highest BCUT2D eigenvalue weighted by Gasteiger charge is 2.11. The maximum Gasteiger partial charge on any atom is 0.387 e. The Hall–Kier alpha value is -2.21. The van der Waals surface area contributed by atoms with Crippen molar-refractivity contribution in [2.24, 2.45) is 5.73 Å². The number of rotatable bonds is 4. The zero-order valence-electron chi connectivity index (χ0n) is 9.90. The van der Waals surface area contributed by atoms with E-state index in [4.69, 9.17) is 5.73 Å². The Morgan fingerprint density at radius 2 is 1.95 bits per heavy atom. The number of nitrogens with one attached hydrogen (secondary N) is 1. The molecule has 0 radical (unpaired) electrons. The van der Waals surface area contributed by atoms with Crippen LogP contribution in [0.3, 0.4) is 0 Å². The smallest absolute Gasteiger partial charge is 0.387 e. The minimum absolute atomic E-state index is 0.00801. The van der Waals surface area contributed by atoms with E-state index in [1.165, 1.54) is 6.07 Å². The molecule has 4 nitrogen and oxygen atoms in total. The molecule has 1 aromatic carbocycles. The molecule has 0 unspecified atom stereocenters. The van der Waals surface area contributed by atoms with E-state index in [-0.39, 0.29) is 17.9 Å². The molecule has 0 spiro atoms. The number of nitrogens with two attached hydrogens (primary N) is 1. The number of aromatic nitrogens is 1. The number of benzene rings is 1. The summed E-state index contributed by atoms with van der Waals surface area (Å²) < 4.78 is 29.0. The maximum atomic E-state index is 12.3. The van der Waals surface area contributed by atoms with Gasteiger partial charge in [0, 0.05) is 17.7 Å². The Balaban J connectivity index is 2.47. The number of aromatic amines is 1. The average Bonchev–Trinajstić information content (AvgIpc) is 2.38. The van der Waals surface area contributed by atoms with Crippen molar-refractivity contribution in [1.82, 2.24) is 4.98 Å². The molecule has 1 aromatic heterocycles. The third kappa shape index (κ3) is 2.97. The highest BCUT2D eigenvalue weighted by molar-refractivity contribution is 5.67. The quantitative estimate of drug-likeness (QED) is 0.890. The van der Waals surface area contributed by atoms with Gasteiger partial charge in [-0.3, -0.25) is 4.79 Å². The molecule has 0 bridgehead atoms. The second-order valence-corrected chi connectivity index (χ2v) is 3.81. The van der Waals surface area contributed by atoms with E-state index < -0.39 is 6.61 Å². The Labute approximate surface area is 107 Å². The minimum Gasteiger partial charge on any atom is -0.434 e. The zero-order chi connectivity index (χ0) is 13.8. The third-order valence-electron chi connectivity index (χ3n) is 2.60. The topological polar surface area (TPSA) is 68.1 Å². The Kier molecular flexibility index (Phi) is 3.91. The average molecular weight is 266 g/mol. The van der Waals surface area contributed by atoms with Crippen LogP contribution in [0.4, 0.5) is 8.78 Å².